The molecular weight excluding hydrogens is 364 g/mol. The van der Waals surface area contributed by atoms with Gasteiger partial charge in [0.15, 0.2) is 0 Å². The van der Waals surface area contributed by atoms with Gasteiger partial charge in [0.2, 0.25) is 5.91 Å². The van der Waals surface area contributed by atoms with Gasteiger partial charge in [-0.05, 0) is 35.8 Å². The molecular formula is C24H26N2O3. The van der Waals surface area contributed by atoms with Gasteiger partial charge in [0.25, 0.3) is 0 Å². The fourth-order valence-electron chi connectivity index (χ4n) is 4.91. The van der Waals surface area contributed by atoms with Crippen LogP contribution in [0.1, 0.15) is 30.0 Å². The van der Waals surface area contributed by atoms with Crippen molar-refractivity contribution in [2.24, 2.45) is 17.8 Å². The van der Waals surface area contributed by atoms with E-state index in [9.17, 15) is 9.59 Å². The highest BCUT2D eigenvalue weighted by atomic mass is 16.6. The van der Waals surface area contributed by atoms with Crippen molar-refractivity contribution in [3.05, 3.63) is 71.8 Å². The van der Waals surface area contributed by atoms with Gasteiger partial charge in [-0.3, -0.25) is 9.69 Å². The molecule has 0 bridgehead atoms. The molecule has 2 heterocycles. The Hall–Kier alpha value is -2.66. The van der Waals surface area contributed by atoms with E-state index in [1.807, 2.05) is 36.4 Å². The lowest BCUT2D eigenvalue weighted by atomic mass is 9.89. The molecule has 3 fully saturated rings. The maximum atomic E-state index is 13.6. The van der Waals surface area contributed by atoms with Crippen LogP contribution in [0.15, 0.2) is 60.7 Å². The molecule has 5 heteroatoms. The number of amides is 2. The first kappa shape index (κ1) is 18.4. The van der Waals surface area contributed by atoms with Crippen LogP contribution in [0.25, 0.3) is 0 Å². The molecule has 5 nitrogen and oxygen atoms in total. The third kappa shape index (κ3) is 3.67. The van der Waals surface area contributed by atoms with Gasteiger partial charge in [-0.15, -0.1) is 0 Å². The van der Waals surface area contributed by atoms with Crippen molar-refractivity contribution >= 4 is 12.0 Å². The van der Waals surface area contributed by atoms with Crippen molar-refractivity contribution in [1.82, 2.24) is 9.80 Å². The maximum Gasteiger partial charge on any atom is 0.417 e. The van der Waals surface area contributed by atoms with E-state index >= 15 is 0 Å². The van der Waals surface area contributed by atoms with E-state index in [2.05, 4.69) is 29.2 Å². The second-order valence-corrected chi connectivity index (χ2v) is 8.50. The van der Waals surface area contributed by atoms with Crippen LogP contribution < -0.4 is 0 Å². The summed E-state index contributed by atoms with van der Waals surface area (Å²) in [5.74, 6) is 0.742. The largest absolute Gasteiger partial charge is 0.446 e. The molecule has 3 atom stereocenters. The summed E-state index contributed by atoms with van der Waals surface area (Å²) in [5.41, 5.74) is 2.21. The van der Waals surface area contributed by atoms with Crippen molar-refractivity contribution in [2.75, 3.05) is 19.7 Å². The second kappa shape index (κ2) is 7.64. The Bertz CT molecular complexity index is 882. The number of carbonyl (C=O) groups is 2. The van der Waals surface area contributed by atoms with Crippen LogP contribution in [-0.4, -0.2) is 41.5 Å². The van der Waals surface area contributed by atoms with Crippen LogP contribution in [0.5, 0.6) is 0 Å². The van der Waals surface area contributed by atoms with E-state index in [0.29, 0.717) is 18.4 Å². The molecule has 2 amide bonds. The summed E-state index contributed by atoms with van der Waals surface area (Å²) >= 11 is 0. The molecule has 1 saturated carbocycles. The molecule has 0 aromatic heterocycles. The number of nitrogens with zero attached hydrogens (tertiary/aromatic N) is 2. The summed E-state index contributed by atoms with van der Waals surface area (Å²) in [7, 11) is 0. The van der Waals surface area contributed by atoms with Crippen molar-refractivity contribution in [3.8, 4) is 0 Å². The van der Waals surface area contributed by atoms with Crippen molar-refractivity contribution in [3.63, 3.8) is 0 Å². The number of benzene rings is 2. The number of hydrogen-bond donors (Lipinski definition) is 0. The van der Waals surface area contributed by atoms with E-state index in [1.165, 1.54) is 23.3 Å². The van der Waals surface area contributed by atoms with Gasteiger partial charge in [0.1, 0.15) is 12.6 Å². The second-order valence-electron chi connectivity index (χ2n) is 8.50. The highest BCUT2D eigenvalue weighted by Crippen LogP contribution is 2.45. The molecule has 0 unspecified atom stereocenters. The van der Waals surface area contributed by atoms with Crippen molar-refractivity contribution in [1.29, 1.82) is 0 Å². The summed E-state index contributed by atoms with van der Waals surface area (Å²) in [6, 6.07) is 19.8. The number of imide groups is 1. The first-order chi connectivity index (χ1) is 14.2. The fraction of sp³-hybridized carbons (Fsp3) is 0.417. The quantitative estimate of drug-likeness (QED) is 0.778. The molecule has 0 spiro atoms. The zero-order valence-corrected chi connectivity index (χ0v) is 16.4. The first-order valence-corrected chi connectivity index (χ1v) is 10.5. The van der Waals surface area contributed by atoms with Gasteiger partial charge in [-0.2, -0.15) is 0 Å². The van der Waals surface area contributed by atoms with Gasteiger partial charge in [0.05, 0.1) is 5.92 Å². The molecule has 0 radical (unpaired) electrons. The molecule has 1 aliphatic carbocycles. The molecule has 5 rings (SSSR count). The van der Waals surface area contributed by atoms with E-state index in [1.54, 1.807) is 0 Å². The van der Waals surface area contributed by atoms with Crippen molar-refractivity contribution in [2.45, 2.75) is 25.4 Å². The first-order valence-electron chi connectivity index (χ1n) is 10.5. The zero-order valence-electron chi connectivity index (χ0n) is 16.4. The monoisotopic (exact) mass is 390 g/mol. The van der Waals surface area contributed by atoms with E-state index in [0.717, 1.165) is 18.7 Å². The standard InChI is InChI=1S/C24H26N2O3/c27-23(26-22(16-29-24(26)28)19-9-5-2-6-10-19)21-15-25(14-20(21)18-11-12-18)13-17-7-3-1-4-8-17/h1-10,18,20-22H,11-16H2/t20-,21+,22+/m0/s1. The summed E-state index contributed by atoms with van der Waals surface area (Å²) in [4.78, 5) is 29.8. The van der Waals surface area contributed by atoms with E-state index in [4.69, 9.17) is 4.74 Å². The number of ether oxygens (including phenoxy) is 1. The Morgan fingerprint density at radius 3 is 2.34 bits per heavy atom. The Labute approximate surface area is 171 Å². The lowest BCUT2D eigenvalue weighted by molar-refractivity contribution is -0.134. The summed E-state index contributed by atoms with van der Waals surface area (Å²) in [5, 5.41) is 0. The number of likely N-dealkylation sites (tertiary alicyclic amines) is 1. The zero-order chi connectivity index (χ0) is 19.8. The van der Waals surface area contributed by atoms with Crippen LogP contribution in [-0.2, 0) is 16.1 Å². The smallest absolute Gasteiger partial charge is 0.417 e. The normalized spacial score (nSPS) is 27.2. The lowest BCUT2D eigenvalue weighted by Crippen LogP contribution is -2.41. The minimum atomic E-state index is -0.500. The van der Waals surface area contributed by atoms with Gasteiger partial charge >= 0.3 is 6.09 Å². The maximum absolute atomic E-state index is 13.6. The summed E-state index contributed by atoms with van der Waals surface area (Å²) < 4.78 is 5.30. The predicted molar refractivity (Wildman–Crippen MR) is 109 cm³/mol. The number of hydrogen-bond acceptors (Lipinski definition) is 4. The average molecular weight is 390 g/mol. The third-order valence-electron chi connectivity index (χ3n) is 6.53. The molecule has 2 aromatic rings. The van der Waals surface area contributed by atoms with Gasteiger partial charge in [-0.25, -0.2) is 9.69 Å². The average Bonchev–Trinajstić information content (AvgIpc) is 3.40. The molecule has 150 valence electrons. The molecule has 2 saturated heterocycles. The van der Waals surface area contributed by atoms with E-state index < -0.39 is 6.09 Å². The molecule has 0 N–H and O–H groups in total. The number of carbonyl (C=O) groups excluding carboxylic acids is 2. The Morgan fingerprint density at radius 2 is 1.66 bits per heavy atom. The number of rotatable bonds is 5. The Morgan fingerprint density at radius 1 is 0.966 bits per heavy atom. The third-order valence-corrected chi connectivity index (χ3v) is 6.53. The van der Waals surface area contributed by atoms with Gasteiger partial charge in [0, 0.05) is 19.6 Å². The van der Waals surface area contributed by atoms with Crippen LogP contribution in [0.4, 0.5) is 4.79 Å². The van der Waals surface area contributed by atoms with Crippen LogP contribution in [0.3, 0.4) is 0 Å². The van der Waals surface area contributed by atoms with Gasteiger partial charge in [-0.1, -0.05) is 60.7 Å². The van der Waals surface area contributed by atoms with Crippen LogP contribution >= 0.6 is 0 Å². The van der Waals surface area contributed by atoms with Crippen LogP contribution in [0.2, 0.25) is 0 Å². The molecule has 29 heavy (non-hydrogen) atoms. The topological polar surface area (TPSA) is 49.9 Å². The van der Waals surface area contributed by atoms with Gasteiger partial charge < -0.3 is 4.74 Å². The lowest BCUT2D eigenvalue weighted by Gasteiger charge is -2.25. The minimum absolute atomic E-state index is 0.0613. The molecule has 3 aliphatic rings. The summed E-state index contributed by atoms with van der Waals surface area (Å²) in [6.07, 6.45) is 1.89. The van der Waals surface area contributed by atoms with Crippen LogP contribution in [0, 0.1) is 17.8 Å². The Balaban J connectivity index is 1.36. The van der Waals surface area contributed by atoms with E-state index in [-0.39, 0.29) is 24.5 Å². The Kier molecular flexibility index (Phi) is 4.84. The molecule has 2 aromatic carbocycles. The minimum Gasteiger partial charge on any atom is -0.446 e. The molecule has 2 aliphatic heterocycles. The highest BCUT2D eigenvalue weighted by molar-refractivity contribution is 5.95. The highest BCUT2D eigenvalue weighted by Gasteiger charge is 2.50. The number of cyclic esters (lactones) is 1. The predicted octanol–water partition coefficient (Wildman–Crippen LogP) is 3.86. The fourth-order valence-corrected chi connectivity index (χ4v) is 4.91. The van der Waals surface area contributed by atoms with Crippen molar-refractivity contribution < 1.29 is 14.3 Å². The SMILES string of the molecule is O=C1OC[C@H](c2ccccc2)N1C(=O)[C@@H]1CN(Cc2ccccc2)C[C@H]1C1CC1. The summed E-state index contributed by atoms with van der Waals surface area (Å²) in [6.45, 7) is 2.72.